The minimum atomic E-state index is 0.769. The molecule has 0 fully saturated rings. The van der Waals surface area contributed by atoms with Crippen molar-refractivity contribution in [3.63, 3.8) is 0 Å². The molecule has 2 N–H and O–H groups in total. The van der Waals surface area contributed by atoms with Crippen LogP contribution in [0.3, 0.4) is 0 Å². The summed E-state index contributed by atoms with van der Waals surface area (Å²) >= 11 is 0. The fraction of sp³-hybridized carbons (Fsp3) is 0.667. The lowest BCUT2D eigenvalue weighted by Crippen LogP contribution is -2.19. The Morgan fingerprint density at radius 2 is 1.07 bits per heavy atom. The Labute approximate surface area is 182 Å². The molecule has 6 nitrogen and oxygen atoms in total. The average molecular weight is 413 g/mol. The quantitative estimate of drug-likeness (QED) is 0.627. The van der Waals surface area contributed by atoms with Crippen LogP contribution in [0.4, 0.5) is 0 Å². The highest BCUT2D eigenvalue weighted by Gasteiger charge is 2.07. The lowest BCUT2D eigenvalue weighted by molar-refractivity contribution is 0.622. The molecule has 2 bridgehead atoms. The van der Waals surface area contributed by atoms with Crippen molar-refractivity contribution in [1.29, 1.82) is 0 Å². The first kappa shape index (κ1) is 24.0. The van der Waals surface area contributed by atoms with Gasteiger partial charge in [0.1, 0.15) is 0 Å². The molecule has 0 aliphatic carbocycles. The third-order valence-electron chi connectivity index (χ3n) is 5.50. The van der Waals surface area contributed by atoms with Crippen molar-refractivity contribution in [1.82, 2.24) is 10.6 Å². The first-order valence-electron chi connectivity index (χ1n) is 11.5. The fourth-order valence-electron chi connectivity index (χ4n) is 3.56. The van der Waals surface area contributed by atoms with Crippen LogP contribution >= 0.6 is 0 Å². The number of allylic oxidation sites excluding steroid dienone is 4. The Morgan fingerprint density at radius 1 is 0.567 bits per heavy atom. The zero-order chi connectivity index (χ0) is 21.6. The highest BCUT2D eigenvalue weighted by atomic mass is 14.9. The van der Waals surface area contributed by atoms with Crippen LogP contribution in [0, 0.1) is 0 Å². The van der Waals surface area contributed by atoms with E-state index >= 15 is 0 Å². The van der Waals surface area contributed by atoms with Crippen LogP contribution in [0.1, 0.15) is 66.2 Å². The van der Waals surface area contributed by atoms with Crippen molar-refractivity contribution in [3.05, 3.63) is 22.5 Å². The maximum Gasteiger partial charge on any atom is 0.0422 e. The van der Waals surface area contributed by atoms with E-state index in [1.807, 2.05) is 12.4 Å². The molecule has 3 aliphatic rings. The number of nitrogens with one attached hydrogen (secondary N) is 2. The number of hydrogen-bond donors (Lipinski definition) is 2. The largest absolute Gasteiger partial charge is 0.388 e. The molecule has 0 amide bonds. The summed E-state index contributed by atoms with van der Waals surface area (Å²) in [5.41, 5.74) is 6.68. The predicted octanol–water partition coefficient (Wildman–Crippen LogP) is 4.14. The van der Waals surface area contributed by atoms with Crippen LogP contribution in [-0.2, 0) is 0 Å². The van der Waals surface area contributed by atoms with E-state index in [9.17, 15) is 0 Å². The number of nitrogens with zero attached hydrogens (tertiary/aromatic N) is 4. The van der Waals surface area contributed by atoms with Crippen LogP contribution < -0.4 is 10.6 Å². The summed E-state index contributed by atoms with van der Waals surface area (Å²) in [5.74, 6) is 0. The summed E-state index contributed by atoms with van der Waals surface area (Å²) in [5, 5.41) is 7.14. The van der Waals surface area contributed by atoms with Crippen LogP contribution in [0.5, 0.6) is 0 Å². The summed E-state index contributed by atoms with van der Waals surface area (Å²) in [6.07, 6.45) is 10.6. The number of rotatable bonds is 0. The van der Waals surface area contributed by atoms with Crippen molar-refractivity contribution < 1.29 is 0 Å². The fourth-order valence-corrected chi connectivity index (χ4v) is 3.56. The van der Waals surface area contributed by atoms with Gasteiger partial charge in [-0.2, -0.15) is 0 Å². The molecule has 0 atom stereocenters. The second-order valence-corrected chi connectivity index (χ2v) is 8.06. The number of aliphatic imine (C=N–C) groups is 4. The maximum absolute atomic E-state index is 4.84. The molecule has 0 aromatic heterocycles. The van der Waals surface area contributed by atoms with Gasteiger partial charge in [0.2, 0.25) is 0 Å². The van der Waals surface area contributed by atoms with E-state index in [2.05, 4.69) is 48.3 Å². The van der Waals surface area contributed by atoms with E-state index < -0.39 is 0 Å². The molecule has 0 saturated heterocycles. The molecule has 0 aromatic rings. The molecule has 0 saturated carbocycles. The van der Waals surface area contributed by atoms with Crippen molar-refractivity contribution in [2.45, 2.75) is 66.2 Å². The third kappa shape index (κ3) is 8.64. The smallest absolute Gasteiger partial charge is 0.0422 e. The normalized spacial score (nSPS) is 21.5. The SMILES string of the molecule is CC1=NCCCNC(C)=C2C=NCCCN=CC1=C(C)NCCCCCCN=C2C. The first-order chi connectivity index (χ1) is 14.6. The van der Waals surface area contributed by atoms with Gasteiger partial charge in [-0.15, -0.1) is 0 Å². The van der Waals surface area contributed by atoms with E-state index in [0.29, 0.717) is 0 Å². The molecule has 3 rings (SSSR count). The lowest BCUT2D eigenvalue weighted by atomic mass is 10.1. The minimum absolute atomic E-state index is 0.769. The van der Waals surface area contributed by atoms with Crippen LogP contribution in [-0.4, -0.2) is 63.1 Å². The molecule has 0 radical (unpaired) electrons. The summed E-state index contributed by atoms with van der Waals surface area (Å²) in [6, 6.07) is 0. The van der Waals surface area contributed by atoms with Gasteiger partial charge in [-0.1, -0.05) is 12.8 Å². The van der Waals surface area contributed by atoms with Crippen LogP contribution in [0.25, 0.3) is 0 Å². The van der Waals surface area contributed by atoms with Crippen molar-refractivity contribution in [3.8, 4) is 0 Å². The van der Waals surface area contributed by atoms with Gasteiger partial charge < -0.3 is 10.6 Å². The van der Waals surface area contributed by atoms with E-state index in [1.165, 1.54) is 25.0 Å². The molecular formula is C24H40N6. The molecule has 0 spiro atoms. The third-order valence-corrected chi connectivity index (χ3v) is 5.50. The highest BCUT2D eigenvalue weighted by Crippen LogP contribution is 2.08. The van der Waals surface area contributed by atoms with E-state index in [1.54, 1.807) is 0 Å². The standard InChI is InChI=1S/C24H40N6/c1-19-23-17-25-11-9-12-26-18-24(22(4)30-16-10-15-29-21(23)3)20(2)28-14-8-6-5-7-13-27-19/h17-18,27,30H,5-16H2,1-4H3. The van der Waals surface area contributed by atoms with Crippen LogP contribution in [0.15, 0.2) is 42.5 Å². The predicted molar refractivity (Wildman–Crippen MR) is 132 cm³/mol. The maximum atomic E-state index is 4.84. The summed E-state index contributed by atoms with van der Waals surface area (Å²) in [4.78, 5) is 19.0. The second kappa shape index (κ2) is 13.9. The van der Waals surface area contributed by atoms with E-state index in [0.717, 1.165) is 86.8 Å². The molecule has 3 aliphatic heterocycles. The van der Waals surface area contributed by atoms with Gasteiger partial charge in [-0.05, 0) is 53.4 Å². The van der Waals surface area contributed by atoms with Gasteiger partial charge in [-0.3, -0.25) is 20.0 Å². The zero-order valence-electron chi connectivity index (χ0n) is 19.4. The molecule has 0 aromatic carbocycles. The van der Waals surface area contributed by atoms with Crippen molar-refractivity contribution in [2.24, 2.45) is 20.0 Å². The van der Waals surface area contributed by atoms with Gasteiger partial charge in [0, 0.05) is 85.7 Å². The monoisotopic (exact) mass is 412 g/mol. The summed E-state index contributed by atoms with van der Waals surface area (Å²) < 4.78 is 0. The molecule has 166 valence electrons. The highest BCUT2D eigenvalue weighted by molar-refractivity contribution is 6.16. The molecule has 30 heavy (non-hydrogen) atoms. The topological polar surface area (TPSA) is 73.5 Å². The first-order valence-corrected chi connectivity index (χ1v) is 11.5. The second-order valence-electron chi connectivity index (χ2n) is 8.06. The van der Waals surface area contributed by atoms with Gasteiger partial charge in [0.25, 0.3) is 0 Å². The van der Waals surface area contributed by atoms with Gasteiger partial charge >= 0.3 is 0 Å². The summed E-state index contributed by atoms with van der Waals surface area (Å²) in [7, 11) is 0. The molecule has 6 heteroatoms. The number of fused-ring (bicyclic) bond motifs is 17. The minimum Gasteiger partial charge on any atom is -0.388 e. The molecule has 3 heterocycles. The zero-order valence-corrected chi connectivity index (χ0v) is 19.4. The Kier molecular flexibility index (Phi) is 11.1. The molecule has 0 unspecified atom stereocenters. The van der Waals surface area contributed by atoms with Crippen molar-refractivity contribution in [2.75, 3.05) is 39.3 Å². The summed E-state index contributed by atoms with van der Waals surface area (Å²) in [6.45, 7) is 13.6. The van der Waals surface area contributed by atoms with Crippen LogP contribution in [0.2, 0.25) is 0 Å². The van der Waals surface area contributed by atoms with E-state index in [4.69, 9.17) is 9.98 Å². The lowest BCUT2D eigenvalue weighted by Gasteiger charge is -2.12. The average Bonchev–Trinajstić information content (AvgIpc) is 2.72. The Hall–Kier alpha value is -2.24. The molecular weight excluding hydrogens is 372 g/mol. The van der Waals surface area contributed by atoms with Gasteiger partial charge in [0.15, 0.2) is 0 Å². The van der Waals surface area contributed by atoms with E-state index in [-0.39, 0.29) is 0 Å². The Bertz CT molecular complexity index is 716. The number of hydrogen-bond acceptors (Lipinski definition) is 6. The Balaban J connectivity index is 2.35. The van der Waals surface area contributed by atoms with Crippen molar-refractivity contribution >= 4 is 23.9 Å². The van der Waals surface area contributed by atoms with Gasteiger partial charge in [-0.25, -0.2) is 0 Å². The Morgan fingerprint density at radius 3 is 1.67 bits per heavy atom. The van der Waals surface area contributed by atoms with Gasteiger partial charge in [0.05, 0.1) is 0 Å².